The van der Waals surface area contributed by atoms with E-state index >= 15 is 0 Å². The molecule has 0 aliphatic carbocycles. The highest BCUT2D eigenvalue weighted by Gasteiger charge is 2.23. The van der Waals surface area contributed by atoms with E-state index in [-0.39, 0.29) is 12.6 Å². The second-order valence-corrected chi connectivity index (χ2v) is 4.39. The first-order valence-corrected chi connectivity index (χ1v) is 6.07. The minimum Gasteiger partial charge on any atom is -0.395 e. The molecule has 1 aliphatic rings. The third-order valence-electron chi connectivity index (χ3n) is 3.29. The van der Waals surface area contributed by atoms with Crippen LogP contribution < -0.4 is 4.90 Å². The Morgan fingerprint density at radius 2 is 2.00 bits per heavy atom. The largest absolute Gasteiger partial charge is 0.395 e. The van der Waals surface area contributed by atoms with Crippen molar-refractivity contribution in [2.24, 2.45) is 0 Å². The fraction of sp³-hybridized carbons (Fsp3) is 0.583. The Hall–Kier alpha value is -1.71. The molecule has 1 N–H and O–H groups in total. The van der Waals surface area contributed by atoms with Gasteiger partial charge in [-0.2, -0.15) is 5.26 Å². The van der Waals surface area contributed by atoms with Crippen LogP contribution in [0.25, 0.3) is 0 Å². The molecule has 1 aliphatic heterocycles. The maximum absolute atomic E-state index is 9.13. The SMILES string of the molecule is C[C@@H](CO)N1CCN(c2nccnc2C#N)CC1. The first-order valence-electron chi connectivity index (χ1n) is 6.07. The van der Waals surface area contributed by atoms with Gasteiger partial charge in [0, 0.05) is 44.6 Å². The third kappa shape index (κ3) is 2.58. The molecular weight excluding hydrogens is 230 g/mol. The van der Waals surface area contributed by atoms with Crippen LogP contribution in [0.3, 0.4) is 0 Å². The van der Waals surface area contributed by atoms with Crippen LogP contribution >= 0.6 is 0 Å². The predicted molar refractivity (Wildman–Crippen MR) is 67.1 cm³/mol. The molecule has 1 atom stereocenters. The highest BCUT2D eigenvalue weighted by atomic mass is 16.3. The summed E-state index contributed by atoms with van der Waals surface area (Å²) in [4.78, 5) is 12.6. The van der Waals surface area contributed by atoms with E-state index in [0.29, 0.717) is 11.5 Å². The normalized spacial score (nSPS) is 18.4. The molecular formula is C12H17N5O. The molecule has 0 unspecified atom stereocenters. The van der Waals surface area contributed by atoms with Gasteiger partial charge in [-0.3, -0.25) is 4.90 Å². The zero-order valence-corrected chi connectivity index (χ0v) is 10.5. The Morgan fingerprint density at radius 1 is 1.33 bits per heavy atom. The van der Waals surface area contributed by atoms with E-state index in [2.05, 4.69) is 25.8 Å². The molecule has 0 saturated carbocycles. The standard InChI is InChI=1S/C12H17N5O/c1-10(9-18)16-4-6-17(7-5-16)12-11(8-13)14-2-3-15-12/h2-3,10,18H,4-7,9H2,1H3/t10-/m0/s1. The average Bonchev–Trinajstić information content (AvgIpc) is 2.46. The summed E-state index contributed by atoms with van der Waals surface area (Å²) in [7, 11) is 0. The van der Waals surface area contributed by atoms with Gasteiger partial charge in [-0.1, -0.05) is 0 Å². The van der Waals surface area contributed by atoms with Gasteiger partial charge in [-0.15, -0.1) is 0 Å². The molecule has 6 heteroatoms. The van der Waals surface area contributed by atoms with Gasteiger partial charge in [0.1, 0.15) is 6.07 Å². The molecule has 1 aromatic heterocycles. The van der Waals surface area contributed by atoms with Gasteiger partial charge in [-0.05, 0) is 6.92 Å². The van der Waals surface area contributed by atoms with Crippen molar-refractivity contribution < 1.29 is 5.11 Å². The van der Waals surface area contributed by atoms with Crippen LogP contribution in [0.4, 0.5) is 5.82 Å². The van der Waals surface area contributed by atoms with Gasteiger partial charge in [-0.25, -0.2) is 9.97 Å². The highest BCUT2D eigenvalue weighted by Crippen LogP contribution is 2.16. The molecule has 1 saturated heterocycles. The summed E-state index contributed by atoms with van der Waals surface area (Å²) in [5, 5.41) is 18.1. The first kappa shape index (κ1) is 12.7. The fourth-order valence-electron chi connectivity index (χ4n) is 2.13. The Kier molecular flexibility index (Phi) is 4.07. The van der Waals surface area contributed by atoms with Gasteiger partial charge < -0.3 is 10.0 Å². The van der Waals surface area contributed by atoms with E-state index < -0.39 is 0 Å². The molecule has 1 aromatic rings. The molecule has 0 spiro atoms. The Bertz CT molecular complexity index is 436. The number of nitriles is 1. The predicted octanol–water partition coefficient (Wildman–Crippen LogP) is -0.149. The van der Waals surface area contributed by atoms with Gasteiger partial charge in [0.05, 0.1) is 6.61 Å². The van der Waals surface area contributed by atoms with Crippen molar-refractivity contribution in [1.29, 1.82) is 5.26 Å². The number of rotatable bonds is 3. The van der Waals surface area contributed by atoms with Gasteiger partial charge in [0.25, 0.3) is 0 Å². The Balaban J connectivity index is 2.04. The molecule has 96 valence electrons. The number of hydrogen-bond acceptors (Lipinski definition) is 6. The number of anilines is 1. The summed E-state index contributed by atoms with van der Waals surface area (Å²) in [6, 6.07) is 2.25. The number of aromatic nitrogens is 2. The second-order valence-electron chi connectivity index (χ2n) is 4.39. The lowest BCUT2D eigenvalue weighted by atomic mass is 10.2. The van der Waals surface area contributed by atoms with Crippen LogP contribution in [-0.4, -0.2) is 58.8 Å². The lowest BCUT2D eigenvalue weighted by molar-refractivity contribution is 0.128. The van der Waals surface area contributed by atoms with Gasteiger partial charge >= 0.3 is 0 Å². The summed E-state index contributed by atoms with van der Waals surface area (Å²) in [5.74, 6) is 0.663. The van der Waals surface area contributed by atoms with Crippen LogP contribution in [0.2, 0.25) is 0 Å². The first-order chi connectivity index (χ1) is 8.76. The highest BCUT2D eigenvalue weighted by molar-refractivity contribution is 5.49. The van der Waals surface area contributed by atoms with Gasteiger partial charge in [0.15, 0.2) is 11.5 Å². The third-order valence-corrected chi connectivity index (χ3v) is 3.29. The molecule has 0 amide bonds. The van der Waals surface area contributed by atoms with Crippen molar-refractivity contribution in [3.8, 4) is 6.07 Å². The van der Waals surface area contributed by atoms with Gasteiger partial charge in [0.2, 0.25) is 0 Å². The smallest absolute Gasteiger partial charge is 0.183 e. The fourth-order valence-corrected chi connectivity index (χ4v) is 2.13. The maximum atomic E-state index is 9.13. The van der Waals surface area contributed by atoms with Crippen molar-refractivity contribution >= 4 is 5.82 Å². The summed E-state index contributed by atoms with van der Waals surface area (Å²) in [6.07, 6.45) is 3.14. The lowest BCUT2D eigenvalue weighted by Crippen LogP contribution is -2.51. The molecule has 0 radical (unpaired) electrons. The summed E-state index contributed by atoms with van der Waals surface area (Å²) >= 11 is 0. The molecule has 2 rings (SSSR count). The summed E-state index contributed by atoms with van der Waals surface area (Å²) in [6.45, 7) is 5.52. The summed E-state index contributed by atoms with van der Waals surface area (Å²) in [5.41, 5.74) is 0.376. The van der Waals surface area contributed by atoms with Crippen LogP contribution in [0.1, 0.15) is 12.6 Å². The Labute approximate surface area is 106 Å². The zero-order valence-electron chi connectivity index (χ0n) is 10.5. The minimum absolute atomic E-state index is 0.175. The zero-order chi connectivity index (χ0) is 13.0. The van der Waals surface area contributed by atoms with Crippen LogP contribution in [0.15, 0.2) is 12.4 Å². The number of aliphatic hydroxyl groups excluding tert-OH is 1. The van der Waals surface area contributed by atoms with E-state index in [9.17, 15) is 0 Å². The number of piperazine rings is 1. The van der Waals surface area contributed by atoms with Crippen LogP contribution in [0.5, 0.6) is 0 Å². The summed E-state index contributed by atoms with van der Waals surface area (Å²) < 4.78 is 0. The molecule has 2 heterocycles. The van der Waals surface area contributed by atoms with Crippen molar-refractivity contribution in [2.45, 2.75) is 13.0 Å². The minimum atomic E-state index is 0.175. The van der Waals surface area contributed by atoms with E-state index in [1.165, 1.54) is 6.20 Å². The quantitative estimate of drug-likeness (QED) is 0.800. The van der Waals surface area contributed by atoms with E-state index in [4.69, 9.17) is 10.4 Å². The number of hydrogen-bond donors (Lipinski definition) is 1. The second kappa shape index (κ2) is 5.76. The van der Waals surface area contributed by atoms with Crippen LogP contribution in [-0.2, 0) is 0 Å². The van der Waals surface area contributed by atoms with E-state index in [0.717, 1.165) is 26.2 Å². The van der Waals surface area contributed by atoms with E-state index in [1.807, 2.05) is 6.92 Å². The molecule has 0 aromatic carbocycles. The monoisotopic (exact) mass is 247 g/mol. The number of aliphatic hydroxyl groups is 1. The molecule has 6 nitrogen and oxygen atoms in total. The average molecular weight is 247 g/mol. The van der Waals surface area contributed by atoms with Crippen LogP contribution in [0, 0.1) is 11.3 Å². The van der Waals surface area contributed by atoms with Crippen molar-refractivity contribution in [1.82, 2.24) is 14.9 Å². The molecule has 1 fully saturated rings. The Morgan fingerprint density at radius 3 is 2.61 bits per heavy atom. The molecule has 18 heavy (non-hydrogen) atoms. The molecule has 0 bridgehead atoms. The van der Waals surface area contributed by atoms with Crippen molar-refractivity contribution in [2.75, 3.05) is 37.7 Å². The topological polar surface area (TPSA) is 76.3 Å². The maximum Gasteiger partial charge on any atom is 0.183 e. The lowest BCUT2D eigenvalue weighted by Gasteiger charge is -2.38. The number of nitrogens with zero attached hydrogens (tertiary/aromatic N) is 5. The van der Waals surface area contributed by atoms with E-state index in [1.54, 1.807) is 6.20 Å². The van der Waals surface area contributed by atoms with Crippen molar-refractivity contribution in [3.63, 3.8) is 0 Å². The van der Waals surface area contributed by atoms with Crippen molar-refractivity contribution in [3.05, 3.63) is 18.1 Å².